The standard InChI is InChI=1S/C19H23FN2O2/c1-14-4-3-5-15(2)18(14)24-13-12-22-19(23)21-11-10-16-6-8-17(20)9-7-16/h3-9H,10-13H2,1-2H3,(H2,21,22,23). The molecule has 0 unspecified atom stereocenters. The zero-order chi connectivity index (χ0) is 17.4. The average molecular weight is 330 g/mol. The van der Waals surface area contributed by atoms with Crippen LogP contribution < -0.4 is 15.4 Å². The van der Waals surface area contributed by atoms with Crippen LogP contribution in [0.5, 0.6) is 5.75 Å². The number of nitrogens with one attached hydrogen (secondary N) is 2. The number of urea groups is 1. The molecule has 0 radical (unpaired) electrons. The van der Waals surface area contributed by atoms with Crippen molar-refractivity contribution in [1.82, 2.24) is 10.6 Å². The number of amides is 2. The lowest BCUT2D eigenvalue weighted by atomic mass is 10.1. The summed E-state index contributed by atoms with van der Waals surface area (Å²) < 4.78 is 18.5. The van der Waals surface area contributed by atoms with Gasteiger partial charge in [-0.2, -0.15) is 0 Å². The second-order valence-corrected chi connectivity index (χ2v) is 5.63. The molecule has 2 N–H and O–H groups in total. The summed E-state index contributed by atoms with van der Waals surface area (Å²) in [5, 5.41) is 5.52. The highest BCUT2D eigenvalue weighted by atomic mass is 19.1. The molecule has 2 amide bonds. The van der Waals surface area contributed by atoms with Crippen LogP contribution in [-0.2, 0) is 6.42 Å². The van der Waals surface area contributed by atoms with Crippen LogP contribution in [0.15, 0.2) is 42.5 Å². The fourth-order valence-corrected chi connectivity index (χ4v) is 2.38. The van der Waals surface area contributed by atoms with E-state index in [-0.39, 0.29) is 11.8 Å². The number of aryl methyl sites for hydroxylation is 2. The van der Waals surface area contributed by atoms with Gasteiger partial charge in [-0.1, -0.05) is 30.3 Å². The zero-order valence-corrected chi connectivity index (χ0v) is 14.1. The molecule has 0 saturated carbocycles. The Balaban J connectivity index is 1.62. The van der Waals surface area contributed by atoms with E-state index in [0.29, 0.717) is 26.1 Å². The summed E-state index contributed by atoms with van der Waals surface area (Å²) in [6.07, 6.45) is 0.659. The number of carbonyl (C=O) groups is 1. The molecule has 24 heavy (non-hydrogen) atoms. The van der Waals surface area contributed by atoms with Gasteiger partial charge in [0.15, 0.2) is 0 Å². The molecule has 2 aromatic carbocycles. The number of ether oxygens (including phenoxy) is 1. The highest BCUT2D eigenvalue weighted by Gasteiger charge is 2.04. The molecule has 0 aliphatic rings. The van der Waals surface area contributed by atoms with Crippen LogP contribution in [0.25, 0.3) is 0 Å². The van der Waals surface area contributed by atoms with E-state index < -0.39 is 0 Å². The van der Waals surface area contributed by atoms with Gasteiger partial charge in [0.2, 0.25) is 0 Å². The van der Waals surface area contributed by atoms with Crippen molar-refractivity contribution in [2.75, 3.05) is 19.7 Å². The van der Waals surface area contributed by atoms with E-state index in [9.17, 15) is 9.18 Å². The molecule has 2 rings (SSSR count). The molecule has 0 heterocycles. The topological polar surface area (TPSA) is 50.4 Å². The maximum absolute atomic E-state index is 12.8. The van der Waals surface area contributed by atoms with Gasteiger partial charge in [0.25, 0.3) is 0 Å². The van der Waals surface area contributed by atoms with E-state index in [2.05, 4.69) is 10.6 Å². The Kier molecular flexibility index (Phi) is 6.61. The molecular weight excluding hydrogens is 307 g/mol. The monoisotopic (exact) mass is 330 g/mol. The molecule has 0 aliphatic carbocycles. The van der Waals surface area contributed by atoms with E-state index in [1.54, 1.807) is 12.1 Å². The van der Waals surface area contributed by atoms with E-state index in [0.717, 1.165) is 22.4 Å². The third-order valence-corrected chi connectivity index (χ3v) is 3.66. The van der Waals surface area contributed by atoms with Gasteiger partial charge in [-0.3, -0.25) is 0 Å². The molecule has 0 bridgehead atoms. The van der Waals surface area contributed by atoms with E-state index in [1.165, 1.54) is 12.1 Å². The molecule has 5 heteroatoms. The first kappa shape index (κ1) is 17.8. The lowest BCUT2D eigenvalue weighted by molar-refractivity contribution is 0.236. The second-order valence-electron chi connectivity index (χ2n) is 5.63. The van der Waals surface area contributed by atoms with Crippen molar-refractivity contribution >= 4 is 6.03 Å². The van der Waals surface area contributed by atoms with Crippen molar-refractivity contribution in [3.05, 3.63) is 65.0 Å². The van der Waals surface area contributed by atoms with Gasteiger partial charge in [-0.15, -0.1) is 0 Å². The first-order chi connectivity index (χ1) is 11.6. The highest BCUT2D eigenvalue weighted by molar-refractivity contribution is 5.73. The highest BCUT2D eigenvalue weighted by Crippen LogP contribution is 2.21. The van der Waals surface area contributed by atoms with Gasteiger partial charge in [0.05, 0.1) is 6.54 Å². The Hall–Kier alpha value is -2.56. The lowest BCUT2D eigenvalue weighted by Gasteiger charge is -2.12. The number of rotatable bonds is 7. The Morgan fingerprint density at radius 2 is 1.62 bits per heavy atom. The van der Waals surface area contributed by atoms with E-state index in [4.69, 9.17) is 4.74 Å². The van der Waals surface area contributed by atoms with Gasteiger partial charge < -0.3 is 15.4 Å². The third kappa shape index (κ3) is 5.57. The number of halogens is 1. The number of carbonyl (C=O) groups excluding carboxylic acids is 1. The first-order valence-electron chi connectivity index (χ1n) is 8.01. The molecule has 0 spiro atoms. The van der Waals surface area contributed by atoms with Gasteiger partial charge >= 0.3 is 6.03 Å². The normalized spacial score (nSPS) is 10.3. The molecule has 4 nitrogen and oxygen atoms in total. The Labute approximate surface area is 142 Å². The summed E-state index contributed by atoms with van der Waals surface area (Å²) in [6, 6.07) is 12.0. The van der Waals surface area contributed by atoms with E-state index in [1.807, 2.05) is 32.0 Å². The largest absolute Gasteiger partial charge is 0.491 e. The first-order valence-corrected chi connectivity index (χ1v) is 8.01. The number of hydrogen-bond acceptors (Lipinski definition) is 2. The van der Waals surface area contributed by atoms with Gasteiger partial charge in [0, 0.05) is 6.54 Å². The number of hydrogen-bond donors (Lipinski definition) is 2. The third-order valence-electron chi connectivity index (χ3n) is 3.66. The summed E-state index contributed by atoms with van der Waals surface area (Å²) in [4.78, 5) is 11.7. The second kappa shape index (κ2) is 8.91. The Morgan fingerprint density at radius 1 is 1.00 bits per heavy atom. The molecular formula is C19H23FN2O2. The van der Waals surface area contributed by atoms with Crippen LogP contribution in [0.2, 0.25) is 0 Å². The van der Waals surface area contributed by atoms with Crippen LogP contribution in [0.1, 0.15) is 16.7 Å². The van der Waals surface area contributed by atoms with Crippen molar-refractivity contribution in [2.24, 2.45) is 0 Å². The molecule has 0 atom stereocenters. The van der Waals surface area contributed by atoms with Gasteiger partial charge in [-0.05, 0) is 49.1 Å². The average Bonchev–Trinajstić information content (AvgIpc) is 2.55. The summed E-state index contributed by atoms with van der Waals surface area (Å²) >= 11 is 0. The minimum absolute atomic E-state index is 0.234. The van der Waals surface area contributed by atoms with Crippen LogP contribution in [0.4, 0.5) is 9.18 Å². The van der Waals surface area contributed by atoms with Crippen molar-refractivity contribution in [1.29, 1.82) is 0 Å². The Bertz CT molecular complexity index is 651. The van der Waals surface area contributed by atoms with Crippen LogP contribution >= 0.6 is 0 Å². The predicted molar refractivity (Wildman–Crippen MR) is 92.9 cm³/mol. The summed E-state index contributed by atoms with van der Waals surface area (Å²) in [7, 11) is 0. The molecule has 0 aliphatic heterocycles. The van der Waals surface area contributed by atoms with Crippen LogP contribution in [0.3, 0.4) is 0 Å². The summed E-state index contributed by atoms with van der Waals surface area (Å²) in [6.45, 7) is 5.33. The number of benzene rings is 2. The van der Waals surface area contributed by atoms with Gasteiger partial charge in [-0.25, -0.2) is 9.18 Å². The van der Waals surface area contributed by atoms with E-state index >= 15 is 0 Å². The fraction of sp³-hybridized carbons (Fsp3) is 0.316. The molecule has 2 aromatic rings. The van der Waals surface area contributed by atoms with Crippen LogP contribution in [0, 0.1) is 19.7 Å². The lowest BCUT2D eigenvalue weighted by Crippen LogP contribution is -2.38. The fourth-order valence-electron chi connectivity index (χ4n) is 2.38. The van der Waals surface area contributed by atoms with Gasteiger partial charge in [0.1, 0.15) is 18.2 Å². The minimum atomic E-state index is -0.256. The predicted octanol–water partition coefficient (Wildman–Crippen LogP) is 3.36. The van der Waals surface area contributed by atoms with Crippen molar-refractivity contribution in [2.45, 2.75) is 20.3 Å². The summed E-state index contributed by atoms with van der Waals surface area (Å²) in [5.41, 5.74) is 3.15. The van der Waals surface area contributed by atoms with Crippen LogP contribution in [-0.4, -0.2) is 25.7 Å². The van der Waals surface area contributed by atoms with Crippen molar-refractivity contribution in [3.63, 3.8) is 0 Å². The Morgan fingerprint density at radius 3 is 2.29 bits per heavy atom. The molecule has 0 saturated heterocycles. The SMILES string of the molecule is Cc1cccc(C)c1OCCNC(=O)NCCc1ccc(F)cc1. The van der Waals surface area contributed by atoms with Crippen molar-refractivity contribution in [3.8, 4) is 5.75 Å². The molecule has 128 valence electrons. The smallest absolute Gasteiger partial charge is 0.314 e. The molecule has 0 aromatic heterocycles. The minimum Gasteiger partial charge on any atom is -0.491 e. The maximum Gasteiger partial charge on any atom is 0.314 e. The summed E-state index contributed by atoms with van der Waals surface area (Å²) in [5.74, 6) is 0.615. The number of para-hydroxylation sites is 1. The quantitative estimate of drug-likeness (QED) is 0.765. The molecule has 0 fully saturated rings. The zero-order valence-electron chi connectivity index (χ0n) is 14.1. The van der Waals surface area contributed by atoms with Crippen molar-refractivity contribution < 1.29 is 13.9 Å². The maximum atomic E-state index is 12.8.